The van der Waals surface area contributed by atoms with E-state index in [1.54, 1.807) is 11.8 Å². The summed E-state index contributed by atoms with van der Waals surface area (Å²) in [6, 6.07) is 2.14. The van der Waals surface area contributed by atoms with Gasteiger partial charge in [-0.25, -0.2) is 8.42 Å². The number of hydrogen-bond acceptors (Lipinski definition) is 5. The number of hydrogen-bond donors (Lipinski definition) is 0. The molecule has 0 aliphatic carbocycles. The highest BCUT2D eigenvalue weighted by Crippen LogP contribution is 2.21. The van der Waals surface area contributed by atoms with E-state index in [-0.39, 0.29) is 5.92 Å². The summed E-state index contributed by atoms with van der Waals surface area (Å²) in [5.74, 6) is 1.46. The molecule has 0 N–H and O–H groups in total. The van der Waals surface area contributed by atoms with Crippen molar-refractivity contribution in [3.05, 3.63) is 0 Å². The normalized spacial score (nSPS) is 25.8. The quantitative estimate of drug-likeness (QED) is 0.730. The van der Waals surface area contributed by atoms with Crippen LogP contribution in [0.25, 0.3) is 0 Å². The second-order valence-electron chi connectivity index (χ2n) is 3.88. The van der Waals surface area contributed by atoms with Crippen molar-refractivity contribution in [2.75, 3.05) is 30.9 Å². The highest BCUT2D eigenvalue weighted by molar-refractivity contribution is 8.00. The molecule has 0 aromatic heterocycles. The van der Waals surface area contributed by atoms with Crippen molar-refractivity contribution in [2.45, 2.75) is 12.3 Å². The van der Waals surface area contributed by atoms with Crippen LogP contribution in [0.4, 0.5) is 0 Å². The van der Waals surface area contributed by atoms with E-state index in [0.29, 0.717) is 12.3 Å². The minimum absolute atomic E-state index is 0.114. The molecule has 0 spiro atoms. The summed E-state index contributed by atoms with van der Waals surface area (Å²) in [7, 11) is -3.03. The molecular weight excluding hydrogens is 232 g/mol. The minimum atomic E-state index is -3.03. The predicted molar refractivity (Wildman–Crippen MR) is 62.3 cm³/mol. The van der Waals surface area contributed by atoms with Crippen molar-refractivity contribution in [3.63, 3.8) is 0 Å². The molecule has 1 rings (SSSR count). The van der Waals surface area contributed by atoms with Gasteiger partial charge in [0.05, 0.1) is 12.0 Å². The third kappa shape index (κ3) is 3.67. The first kappa shape index (κ1) is 12.8. The Hall–Kier alpha value is -0.250. The van der Waals surface area contributed by atoms with E-state index in [1.807, 2.05) is 11.8 Å². The molecule has 0 bridgehead atoms. The van der Waals surface area contributed by atoms with E-state index >= 15 is 0 Å². The predicted octanol–water partition coefficient (Wildman–Crippen LogP) is 0.566. The summed E-state index contributed by atoms with van der Waals surface area (Å²) in [4.78, 5) is 1.92. The van der Waals surface area contributed by atoms with Crippen molar-refractivity contribution in [2.24, 2.45) is 5.92 Å². The molecule has 4 nitrogen and oxygen atoms in total. The molecule has 1 saturated heterocycles. The Kier molecular flexibility index (Phi) is 4.44. The maximum atomic E-state index is 11.5. The number of thioether (sulfide) groups is 1. The molecule has 6 heteroatoms. The lowest BCUT2D eigenvalue weighted by Gasteiger charge is -2.34. The van der Waals surface area contributed by atoms with Crippen LogP contribution in [0.3, 0.4) is 0 Å². The van der Waals surface area contributed by atoms with Crippen LogP contribution in [0.2, 0.25) is 0 Å². The maximum absolute atomic E-state index is 11.5. The lowest BCUT2D eigenvalue weighted by Crippen LogP contribution is -2.48. The molecule has 2 atom stereocenters. The first-order chi connectivity index (χ1) is 6.95. The molecule has 1 fully saturated rings. The molecule has 0 amide bonds. The van der Waals surface area contributed by atoms with Crippen LogP contribution in [0, 0.1) is 17.2 Å². The van der Waals surface area contributed by atoms with Gasteiger partial charge in [0.1, 0.15) is 5.37 Å². The average molecular weight is 248 g/mol. The molecule has 15 heavy (non-hydrogen) atoms. The van der Waals surface area contributed by atoms with Gasteiger partial charge in [0.25, 0.3) is 0 Å². The van der Waals surface area contributed by atoms with Crippen molar-refractivity contribution in [1.82, 2.24) is 4.90 Å². The lowest BCUT2D eigenvalue weighted by atomic mass is 10.2. The van der Waals surface area contributed by atoms with Crippen molar-refractivity contribution in [3.8, 4) is 6.07 Å². The first-order valence-corrected chi connectivity index (χ1v) is 7.96. The number of rotatable bonds is 3. The zero-order chi connectivity index (χ0) is 11.5. The highest BCUT2D eigenvalue weighted by atomic mass is 32.2. The van der Waals surface area contributed by atoms with Crippen LogP contribution in [0.15, 0.2) is 0 Å². The van der Waals surface area contributed by atoms with E-state index in [2.05, 4.69) is 6.07 Å². The zero-order valence-corrected chi connectivity index (χ0v) is 10.6. The molecule has 86 valence electrons. The van der Waals surface area contributed by atoms with Gasteiger partial charge in [-0.3, -0.25) is 4.90 Å². The summed E-state index contributed by atoms with van der Waals surface area (Å²) in [5, 5.41) is 8.31. The summed E-state index contributed by atoms with van der Waals surface area (Å²) in [6.07, 6.45) is 1.27. The van der Waals surface area contributed by atoms with Gasteiger partial charge in [0, 0.05) is 30.9 Å². The van der Waals surface area contributed by atoms with Gasteiger partial charge in [-0.05, 0) is 6.92 Å². The number of nitrogens with zero attached hydrogens (tertiary/aromatic N) is 2. The molecule has 0 aromatic carbocycles. The van der Waals surface area contributed by atoms with Crippen LogP contribution in [0.5, 0.6) is 0 Å². The van der Waals surface area contributed by atoms with Crippen LogP contribution >= 0.6 is 11.8 Å². The van der Waals surface area contributed by atoms with E-state index in [9.17, 15) is 8.42 Å². The average Bonchev–Trinajstić information content (AvgIpc) is 2.17. The SMILES string of the molecule is CC(C#N)CN1CCSCC1S(C)(=O)=O. The van der Waals surface area contributed by atoms with E-state index in [1.165, 1.54) is 6.26 Å². The van der Waals surface area contributed by atoms with Crippen LogP contribution in [0.1, 0.15) is 6.92 Å². The van der Waals surface area contributed by atoms with Gasteiger partial charge in [-0.15, -0.1) is 0 Å². The number of sulfone groups is 1. The largest absolute Gasteiger partial charge is 0.284 e. The monoisotopic (exact) mass is 248 g/mol. The molecule has 1 aliphatic heterocycles. The Labute approximate surface area is 95.6 Å². The lowest BCUT2D eigenvalue weighted by molar-refractivity contribution is 0.252. The highest BCUT2D eigenvalue weighted by Gasteiger charge is 2.31. The minimum Gasteiger partial charge on any atom is -0.284 e. The van der Waals surface area contributed by atoms with Crippen LogP contribution in [-0.4, -0.2) is 49.5 Å². The smallest absolute Gasteiger partial charge is 0.164 e. The molecule has 0 saturated carbocycles. The topological polar surface area (TPSA) is 61.2 Å². The summed E-state index contributed by atoms with van der Waals surface area (Å²) in [5.41, 5.74) is 0. The molecule has 1 aliphatic rings. The van der Waals surface area contributed by atoms with Crippen LogP contribution < -0.4 is 0 Å². The molecular formula is C9H16N2O2S2. The molecule has 0 aromatic rings. The molecule has 0 radical (unpaired) electrons. The molecule has 2 unspecified atom stereocenters. The third-order valence-electron chi connectivity index (χ3n) is 2.41. The summed E-state index contributed by atoms with van der Waals surface area (Å²) < 4.78 is 23.1. The second kappa shape index (κ2) is 5.19. The van der Waals surface area contributed by atoms with Gasteiger partial charge >= 0.3 is 0 Å². The fraction of sp³-hybridized carbons (Fsp3) is 0.889. The summed E-state index contributed by atoms with van der Waals surface area (Å²) >= 11 is 1.66. The van der Waals surface area contributed by atoms with Gasteiger partial charge in [-0.2, -0.15) is 17.0 Å². The third-order valence-corrected chi connectivity index (χ3v) is 5.10. The Bertz CT molecular complexity index is 348. The van der Waals surface area contributed by atoms with E-state index < -0.39 is 15.2 Å². The Morgan fingerprint density at radius 3 is 2.87 bits per heavy atom. The van der Waals surface area contributed by atoms with E-state index in [4.69, 9.17) is 5.26 Å². The number of nitriles is 1. The van der Waals surface area contributed by atoms with Gasteiger partial charge in [0.15, 0.2) is 9.84 Å². The second-order valence-corrected chi connectivity index (χ2v) is 7.24. The maximum Gasteiger partial charge on any atom is 0.164 e. The van der Waals surface area contributed by atoms with Crippen molar-refractivity contribution in [1.29, 1.82) is 5.26 Å². The van der Waals surface area contributed by atoms with Gasteiger partial charge in [0.2, 0.25) is 0 Å². The van der Waals surface area contributed by atoms with Crippen molar-refractivity contribution < 1.29 is 8.42 Å². The Morgan fingerprint density at radius 2 is 2.33 bits per heavy atom. The zero-order valence-electron chi connectivity index (χ0n) is 9.01. The van der Waals surface area contributed by atoms with Crippen LogP contribution in [-0.2, 0) is 9.84 Å². The van der Waals surface area contributed by atoms with Gasteiger partial charge in [-0.1, -0.05) is 0 Å². The standard InChI is InChI=1S/C9H16N2O2S2/c1-8(5-10)6-11-3-4-14-7-9(11)15(2,12)13/h8-9H,3-4,6-7H2,1-2H3. The summed E-state index contributed by atoms with van der Waals surface area (Å²) in [6.45, 7) is 3.13. The van der Waals surface area contributed by atoms with Crippen molar-refractivity contribution >= 4 is 21.6 Å². The Balaban J connectivity index is 2.71. The fourth-order valence-corrected chi connectivity index (χ4v) is 4.56. The first-order valence-electron chi connectivity index (χ1n) is 4.85. The fourth-order valence-electron chi connectivity index (χ4n) is 1.61. The molecule has 1 heterocycles. The van der Waals surface area contributed by atoms with Gasteiger partial charge < -0.3 is 0 Å². The van der Waals surface area contributed by atoms with E-state index in [0.717, 1.165) is 12.3 Å². The Morgan fingerprint density at radius 1 is 1.67 bits per heavy atom.